The largest absolute Gasteiger partial charge is 0.460 e. The number of carbonyl (C=O) groups excluding carboxylic acids is 5. The molecule has 0 aromatic rings. The maximum absolute atomic E-state index is 13.7. The fraction of sp³-hybridized carbons (Fsp3) is 0.792. The van der Waals surface area contributed by atoms with Gasteiger partial charge in [0.25, 0.3) is 0 Å². The zero-order chi connectivity index (χ0) is 53.1. The molecule has 0 aliphatic carbocycles. The second-order valence-corrected chi connectivity index (χ2v) is 17.7. The first-order valence-electron chi connectivity index (χ1n) is 25.7. The minimum atomic E-state index is -1.06. The third-order valence-electron chi connectivity index (χ3n) is 10.3. The number of carbonyl (C=O) groups is 5. The van der Waals surface area contributed by atoms with Crippen molar-refractivity contribution >= 4 is 29.6 Å². The minimum absolute atomic E-state index is 0.0277. The summed E-state index contributed by atoms with van der Waals surface area (Å²) in [4.78, 5) is 65.4. The Balaban J connectivity index is 5.51. The van der Waals surface area contributed by atoms with Crippen LogP contribution in [0.3, 0.4) is 0 Å². The summed E-state index contributed by atoms with van der Waals surface area (Å²) in [5, 5.41) is 11.8. The SMILES string of the molecule is C#CCOCCOCCOCCNC(=O)CCC(CCC(=O)NCCOCCOCCOCC#C)(CCC(=O)NCCOCCOCCOCC#C)NC(=O)CCCCCCCCCCC(=O)OC(C)(C)C. The molecule has 0 atom stereocenters. The summed E-state index contributed by atoms with van der Waals surface area (Å²) in [5.74, 6) is 5.99. The van der Waals surface area contributed by atoms with E-state index in [0.29, 0.717) is 92.1 Å². The minimum Gasteiger partial charge on any atom is -0.460 e. The lowest BCUT2D eigenvalue weighted by Crippen LogP contribution is -2.50. The number of terminal acetylenes is 3. The van der Waals surface area contributed by atoms with Crippen LogP contribution >= 0.6 is 0 Å². The fourth-order valence-corrected chi connectivity index (χ4v) is 6.75. The molecule has 4 amide bonds. The summed E-state index contributed by atoms with van der Waals surface area (Å²) in [7, 11) is 0. The molecule has 0 bridgehead atoms. The standard InChI is InChI=1S/C53H90N4O15/c1-7-29-63-35-41-69-44-38-66-32-26-54-47(58)20-23-53(24-21-48(59)55-27-33-67-39-45-70-42-36-64-30-8-2,25-22-49(60)56-28-34-68-40-46-71-43-37-65-31-9-3)57-50(61)18-16-14-12-10-11-13-15-17-19-51(62)72-52(4,5)6/h1-3H,10-46H2,4-6H3,(H,54,58)(H,55,59)(H,56,60)(H,57,61). The smallest absolute Gasteiger partial charge is 0.306 e. The van der Waals surface area contributed by atoms with Crippen molar-refractivity contribution in [3.8, 4) is 37.0 Å². The van der Waals surface area contributed by atoms with E-state index in [1.807, 2.05) is 20.8 Å². The predicted octanol–water partition coefficient (Wildman–Crippen LogP) is 3.82. The van der Waals surface area contributed by atoms with Crippen LogP contribution in [0.25, 0.3) is 0 Å². The van der Waals surface area contributed by atoms with E-state index in [9.17, 15) is 24.0 Å². The number of esters is 1. The highest BCUT2D eigenvalue weighted by Crippen LogP contribution is 2.27. The van der Waals surface area contributed by atoms with Crippen molar-refractivity contribution in [3.63, 3.8) is 0 Å². The normalized spacial score (nSPS) is 11.3. The molecule has 0 rings (SSSR count). The summed E-state index contributed by atoms with van der Waals surface area (Å²) < 4.78 is 54.0. The summed E-state index contributed by atoms with van der Waals surface area (Å²) >= 11 is 0. The van der Waals surface area contributed by atoms with Gasteiger partial charge in [-0.25, -0.2) is 0 Å². The highest BCUT2D eigenvalue weighted by Gasteiger charge is 2.33. The van der Waals surface area contributed by atoms with Crippen LogP contribution in [0.2, 0.25) is 0 Å². The van der Waals surface area contributed by atoms with Crippen molar-refractivity contribution in [2.45, 2.75) is 135 Å². The summed E-state index contributed by atoms with van der Waals surface area (Å²) in [5.41, 5.74) is -1.54. The van der Waals surface area contributed by atoms with Crippen molar-refractivity contribution in [3.05, 3.63) is 0 Å². The van der Waals surface area contributed by atoms with Crippen molar-refractivity contribution in [1.29, 1.82) is 0 Å². The molecule has 0 aromatic heterocycles. The van der Waals surface area contributed by atoms with Gasteiger partial charge in [-0.3, -0.25) is 24.0 Å². The molecule has 0 saturated heterocycles. The third-order valence-corrected chi connectivity index (χ3v) is 10.3. The first kappa shape index (κ1) is 67.7. The van der Waals surface area contributed by atoms with Gasteiger partial charge >= 0.3 is 5.97 Å². The zero-order valence-electron chi connectivity index (χ0n) is 44.0. The van der Waals surface area contributed by atoms with Gasteiger partial charge < -0.3 is 68.6 Å². The molecular formula is C53H90N4O15. The number of nitrogens with one attached hydrogen (secondary N) is 4. The van der Waals surface area contributed by atoms with E-state index in [1.54, 1.807) is 0 Å². The number of unbranched alkanes of at least 4 members (excludes halogenated alkanes) is 7. The van der Waals surface area contributed by atoms with Gasteiger partial charge in [0.15, 0.2) is 0 Å². The average Bonchev–Trinajstić information content (AvgIpc) is 3.34. The molecule has 0 fully saturated rings. The van der Waals surface area contributed by atoms with Gasteiger partial charge in [-0.15, -0.1) is 19.3 Å². The van der Waals surface area contributed by atoms with Crippen LogP contribution in [0.15, 0.2) is 0 Å². The van der Waals surface area contributed by atoms with E-state index in [0.717, 1.165) is 44.9 Å². The van der Waals surface area contributed by atoms with Crippen LogP contribution < -0.4 is 21.3 Å². The van der Waals surface area contributed by atoms with Crippen LogP contribution in [-0.4, -0.2) is 179 Å². The Morgan fingerprint density at radius 2 is 0.667 bits per heavy atom. The Labute approximate surface area is 431 Å². The monoisotopic (exact) mass is 1020 g/mol. The Hall–Kier alpha value is -4.33. The molecule has 0 heterocycles. The Kier molecular flexibility index (Phi) is 46.0. The maximum atomic E-state index is 13.7. The molecule has 0 unspecified atom stereocenters. The van der Waals surface area contributed by atoms with E-state index >= 15 is 0 Å². The molecule has 72 heavy (non-hydrogen) atoms. The van der Waals surface area contributed by atoms with Gasteiger partial charge in [0.1, 0.15) is 25.4 Å². The maximum Gasteiger partial charge on any atom is 0.306 e. The highest BCUT2D eigenvalue weighted by molar-refractivity contribution is 5.80. The first-order chi connectivity index (χ1) is 34.9. The third kappa shape index (κ3) is 48.0. The van der Waals surface area contributed by atoms with Crippen LogP contribution in [0.4, 0.5) is 0 Å². The van der Waals surface area contributed by atoms with E-state index < -0.39 is 11.1 Å². The Morgan fingerprint density at radius 1 is 0.375 bits per heavy atom. The van der Waals surface area contributed by atoms with Gasteiger partial charge in [0, 0.05) is 57.3 Å². The first-order valence-corrected chi connectivity index (χ1v) is 25.7. The molecule has 0 aromatic carbocycles. The molecule has 0 spiro atoms. The molecule has 19 heteroatoms. The summed E-state index contributed by atoms with van der Waals surface area (Å²) in [6.07, 6.45) is 24.1. The summed E-state index contributed by atoms with van der Waals surface area (Å²) in [6.45, 7) is 12.2. The number of amides is 4. The van der Waals surface area contributed by atoms with Gasteiger partial charge in [-0.2, -0.15) is 0 Å². The predicted molar refractivity (Wildman–Crippen MR) is 273 cm³/mol. The van der Waals surface area contributed by atoms with Crippen LogP contribution in [0.1, 0.15) is 124 Å². The molecular weight excluding hydrogens is 933 g/mol. The lowest BCUT2D eigenvalue weighted by atomic mass is 9.82. The number of rotatable bonds is 51. The zero-order valence-corrected chi connectivity index (χ0v) is 44.0. The molecule has 0 aliphatic heterocycles. The molecule has 412 valence electrons. The van der Waals surface area contributed by atoms with Crippen LogP contribution in [0.5, 0.6) is 0 Å². The average molecular weight is 1020 g/mol. The van der Waals surface area contributed by atoms with Crippen LogP contribution in [-0.2, 0) is 71.3 Å². The van der Waals surface area contributed by atoms with Crippen LogP contribution in [0, 0.1) is 37.0 Å². The second-order valence-electron chi connectivity index (χ2n) is 17.7. The molecule has 4 N–H and O–H groups in total. The van der Waals surface area contributed by atoms with Gasteiger partial charge in [-0.1, -0.05) is 56.3 Å². The molecule has 19 nitrogen and oxygen atoms in total. The number of ether oxygens (including phenoxy) is 10. The van der Waals surface area contributed by atoms with Crippen molar-refractivity contribution in [2.75, 3.05) is 139 Å². The van der Waals surface area contributed by atoms with E-state index in [1.165, 1.54) is 0 Å². The second kappa shape index (κ2) is 48.9. The number of hydrogen-bond donors (Lipinski definition) is 4. The quantitative estimate of drug-likeness (QED) is 0.0386. The van der Waals surface area contributed by atoms with E-state index in [4.69, 9.17) is 66.6 Å². The van der Waals surface area contributed by atoms with Crippen molar-refractivity contribution in [2.24, 2.45) is 0 Å². The Morgan fingerprint density at radius 3 is 0.986 bits per heavy atom. The lowest BCUT2D eigenvalue weighted by molar-refractivity contribution is -0.155. The van der Waals surface area contributed by atoms with Gasteiger partial charge in [0.2, 0.25) is 23.6 Å². The van der Waals surface area contributed by atoms with Crippen molar-refractivity contribution < 1.29 is 71.3 Å². The fourth-order valence-electron chi connectivity index (χ4n) is 6.75. The summed E-state index contributed by atoms with van der Waals surface area (Å²) in [6, 6.07) is 0. The molecule has 0 radical (unpaired) electrons. The van der Waals surface area contributed by atoms with E-state index in [-0.39, 0.29) is 134 Å². The molecule has 0 saturated carbocycles. The Bertz CT molecular complexity index is 1400. The van der Waals surface area contributed by atoms with Gasteiger partial charge in [0.05, 0.1) is 99.1 Å². The molecule has 0 aliphatic rings. The van der Waals surface area contributed by atoms with E-state index in [2.05, 4.69) is 39.0 Å². The van der Waals surface area contributed by atoms with Crippen molar-refractivity contribution in [1.82, 2.24) is 21.3 Å². The van der Waals surface area contributed by atoms with Gasteiger partial charge in [-0.05, 0) is 52.9 Å². The highest BCUT2D eigenvalue weighted by atomic mass is 16.6. The number of hydrogen-bond acceptors (Lipinski definition) is 15. The lowest BCUT2D eigenvalue weighted by Gasteiger charge is -2.35. The topological polar surface area (TPSA) is 226 Å².